The molecular formula is C28H29NO3. The standard InChI is InChI=1S/C28H29NO3/c1-30-26-14-11-20(17-27(26)31-2)28-23-10-6-9-22(23)24-18-21(12-13-25(24)29-28)32-16-15-19-7-4-3-5-8-19/h3-9,11-14,17-18,22-23,28-29H,10,15-16H2,1-2H3. The van der Waals surface area contributed by atoms with E-state index in [1.807, 2.05) is 12.1 Å². The first-order chi connectivity index (χ1) is 15.8. The minimum Gasteiger partial charge on any atom is -0.493 e. The van der Waals surface area contributed by atoms with Crippen LogP contribution in [0.1, 0.15) is 35.1 Å². The molecule has 0 aromatic heterocycles. The van der Waals surface area contributed by atoms with E-state index in [1.165, 1.54) is 22.4 Å². The van der Waals surface area contributed by atoms with Gasteiger partial charge in [0.15, 0.2) is 11.5 Å². The molecule has 3 aromatic rings. The van der Waals surface area contributed by atoms with Crippen molar-refractivity contribution < 1.29 is 14.2 Å². The molecule has 0 saturated carbocycles. The van der Waals surface area contributed by atoms with E-state index in [-0.39, 0.29) is 6.04 Å². The van der Waals surface area contributed by atoms with Gasteiger partial charge >= 0.3 is 0 Å². The Morgan fingerprint density at radius 3 is 2.56 bits per heavy atom. The molecule has 1 aliphatic carbocycles. The molecule has 0 saturated heterocycles. The summed E-state index contributed by atoms with van der Waals surface area (Å²) in [5, 5.41) is 3.79. The van der Waals surface area contributed by atoms with Gasteiger partial charge in [-0.2, -0.15) is 0 Å². The van der Waals surface area contributed by atoms with Gasteiger partial charge in [-0.15, -0.1) is 0 Å². The molecule has 0 radical (unpaired) electrons. The minimum absolute atomic E-state index is 0.215. The lowest BCUT2D eigenvalue weighted by Gasteiger charge is -2.37. The number of methoxy groups -OCH3 is 2. The van der Waals surface area contributed by atoms with Gasteiger partial charge < -0.3 is 19.5 Å². The van der Waals surface area contributed by atoms with Crippen LogP contribution in [0.15, 0.2) is 78.9 Å². The van der Waals surface area contributed by atoms with Crippen LogP contribution in [0.2, 0.25) is 0 Å². The van der Waals surface area contributed by atoms with Crippen molar-refractivity contribution in [2.75, 3.05) is 26.1 Å². The van der Waals surface area contributed by atoms with Gasteiger partial charge in [0.25, 0.3) is 0 Å². The number of hydrogen-bond acceptors (Lipinski definition) is 4. The van der Waals surface area contributed by atoms with Crippen LogP contribution in [0.5, 0.6) is 17.2 Å². The van der Waals surface area contributed by atoms with Crippen molar-refractivity contribution in [1.29, 1.82) is 0 Å². The maximum absolute atomic E-state index is 6.11. The number of hydrogen-bond donors (Lipinski definition) is 1. The number of ether oxygens (including phenoxy) is 3. The molecule has 4 heteroatoms. The Bertz CT molecular complexity index is 1110. The van der Waals surface area contributed by atoms with Gasteiger partial charge in [-0.3, -0.25) is 0 Å². The van der Waals surface area contributed by atoms with E-state index >= 15 is 0 Å². The second-order valence-electron chi connectivity index (χ2n) is 8.42. The number of rotatable bonds is 7. The lowest BCUT2D eigenvalue weighted by atomic mass is 9.77. The predicted molar refractivity (Wildman–Crippen MR) is 128 cm³/mol. The van der Waals surface area contributed by atoms with E-state index < -0.39 is 0 Å². The number of allylic oxidation sites excluding steroid dienone is 2. The van der Waals surface area contributed by atoms with Gasteiger partial charge in [-0.1, -0.05) is 48.6 Å². The van der Waals surface area contributed by atoms with Gasteiger partial charge in [0.1, 0.15) is 5.75 Å². The Morgan fingerprint density at radius 1 is 0.906 bits per heavy atom. The first-order valence-electron chi connectivity index (χ1n) is 11.2. The first-order valence-corrected chi connectivity index (χ1v) is 11.2. The van der Waals surface area contributed by atoms with Crippen LogP contribution in [0.25, 0.3) is 0 Å². The Kier molecular flexibility index (Phi) is 5.76. The fourth-order valence-corrected chi connectivity index (χ4v) is 4.97. The normalized spacial score (nSPS) is 20.8. The zero-order valence-corrected chi connectivity index (χ0v) is 18.6. The largest absolute Gasteiger partial charge is 0.493 e. The van der Waals surface area contributed by atoms with Gasteiger partial charge in [-0.25, -0.2) is 0 Å². The van der Waals surface area contributed by atoms with Crippen molar-refractivity contribution in [3.05, 3.63) is 95.6 Å². The Morgan fingerprint density at radius 2 is 1.75 bits per heavy atom. The lowest BCUT2D eigenvalue weighted by Crippen LogP contribution is -2.29. The number of nitrogens with one attached hydrogen (secondary N) is 1. The zero-order chi connectivity index (χ0) is 21.9. The summed E-state index contributed by atoms with van der Waals surface area (Å²) in [5.74, 6) is 3.29. The molecule has 1 heterocycles. The topological polar surface area (TPSA) is 39.7 Å². The average molecular weight is 428 g/mol. The van der Waals surface area contributed by atoms with Crippen LogP contribution in [-0.2, 0) is 6.42 Å². The zero-order valence-electron chi connectivity index (χ0n) is 18.6. The van der Waals surface area contributed by atoms with Gasteiger partial charge in [0, 0.05) is 18.0 Å². The van der Waals surface area contributed by atoms with E-state index in [0.717, 1.165) is 30.1 Å². The third kappa shape index (κ3) is 3.93. The van der Waals surface area contributed by atoms with Crippen molar-refractivity contribution in [1.82, 2.24) is 0 Å². The molecule has 5 rings (SSSR count). The fraction of sp³-hybridized carbons (Fsp3) is 0.286. The molecule has 0 amide bonds. The summed E-state index contributed by atoms with van der Waals surface area (Å²) >= 11 is 0. The molecular weight excluding hydrogens is 398 g/mol. The third-order valence-corrected chi connectivity index (χ3v) is 6.60. The molecule has 164 valence electrons. The molecule has 3 aromatic carbocycles. The number of benzene rings is 3. The summed E-state index contributed by atoms with van der Waals surface area (Å²) in [4.78, 5) is 0. The Balaban J connectivity index is 1.36. The van der Waals surface area contributed by atoms with Crippen molar-refractivity contribution in [3.63, 3.8) is 0 Å². The molecule has 32 heavy (non-hydrogen) atoms. The summed E-state index contributed by atoms with van der Waals surface area (Å²) in [6, 6.07) is 23.3. The van der Waals surface area contributed by atoms with E-state index in [1.54, 1.807) is 14.2 Å². The monoisotopic (exact) mass is 427 g/mol. The van der Waals surface area contributed by atoms with Crippen LogP contribution < -0.4 is 19.5 Å². The van der Waals surface area contributed by atoms with Gasteiger partial charge in [0.2, 0.25) is 0 Å². The molecule has 0 spiro atoms. The molecule has 0 bridgehead atoms. The average Bonchev–Trinajstić information content (AvgIpc) is 3.34. The maximum Gasteiger partial charge on any atom is 0.161 e. The summed E-state index contributed by atoms with van der Waals surface area (Å²) in [6.45, 7) is 0.675. The second-order valence-corrected chi connectivity index (χ2v) is 8.42. The smallest absolute Gasteiger partial charge is 0.161 e. The van der Waals surface area contributed by atoms with E-state index in [0.29, 0.717) is 18.4 Å². The second kappa shape index (κ2) is 8.99. The molecule has 3 unspecified atom stereocenters. The highest BCUT2D eigenvalue weighted by molar-refractivity contribution is 5.62. The maximum atomic E-state index is 6.11. The lowest BCUT2D eigenvalue weighted by molar-refractivity contribution is 0.320. The summed E-state index contributed by atoms with van der Waals surface area (Å²) in [5.41, 5.74) is 5.00. The molecule has 1 N–H and O–H groups in total. The van der Waals surface area contributed by atoms with Gasteiger partial charge in [-0.05, 0) is 59.4 Å². The van der Waals surface area contributed by atoms with E-state index in [9.17, 15) is 0 Å². The summed E-state index contributed by atoms with van der Waals surface area (Å²) < 4.78 is 17.1. The first kappa shape index (κ1) is 20.5. The number of fused-ring (bicyclic) bond motifs is 3. The SMILES string of the molecule is COc1ccc(C2Nc3ccc(OCCc4ccccc4)cc3C3C=CCC32)cc1OC. The van der Waals surface area contributed by atoms with E-state index in [2.05, 4.69) is 72.1 Å². The minimum atomic E-state index is 0.215. The van der Waals surface area contributed by atoms with Gasteiger partial charge in [0.05, 0.1) is 26.9 Å². The van der Waals surface area contributed by atoms with Crippen molar-refractivity contribution in [2.45, 2.75) is 24.8 Å². The van der Waals surface area contributed by atoms with Crippen LogP contribution in [-0.4, -0.2) is 20.8 Å². The van der Waals surface area contributed by atoms with Crippen LogP contribution in [0.3, 0.4) is 0 Å². The Labute approximate surface area is 189 Å². The van der Waals surface area contributed by atoms with Crippen molar-refractivity contribution in [3.8, 4) is 17.2 Å². The van der Waals surface area contributed by atoms with Crippen LogP contribution in [0.4, 0.5) is 5.69 Å². The summed E-state index contributed by atoms with van der Waals surface area (Å²) in [7, 11) is 3.35. The quantitative estimate of drug-likeness (QED) is 0.459. The summed E-state index contributed by atoms with van der Waals surface area (Å²) in [6.07, 6.45) is 6.62. The third-order valence-electron chi connectivity index (χ3n) is 6.60. The van der Waals surface area contributed by atoms with Crippen molar-refractivity contribution in [2.24, 2.45) is 5.92 Å². The van der Waals surface area contributed by atoms with E-state index in [4.69, 9.17) is 14.2 Å². The van der Waals surface area contributed by atoms with Crippen LogP contribution >= 0.6 is 0 Å². The highest BCUT2D eigenvalue weighted by Crippen LogP contribution is 2.51. The highest BCUT2D eigenvalue weighted by atomic mass is 16.5. The van der Waals surface area contributed by atoms with Crippen LogP contribution in [0, 0.1) is 5.92 Å². The highest BCUT2D eigenvalue weighted by Gasteiger charge is 2.38. The molecule has 0 fully saturated rings. The molecule has 2 aliphatic rings. The fourth-order valence-electron chi connectivity index (χ4n) is 4.97. The molecule has 3 atom stereocenters. The molecule has 1 aliphatic heterocycles. The predicted octanol–water partition coefficient (Wildman–Crippen LogP) is 6.15. The number of anilines is 1. The Hall–Kier alpha value is -3.40. The van der Waals surface area contributed by atoms with Crippen molar-refractivity contribution >= 4 is 5.69 Å². The molecule has 4 nitrogen and oxygen atoms in total.